The number of hydrogen-bond donors (Lipinski definition) is 0. The number of hydrogen-bond acceptors (Lipinski definition) is 2. The summed E-state index contributed by atoms with van der Waals surface area (Å²) >= 11 is 0. The third-order valence-corrected chi connectivity index (χ3v) is 4.42. The second-order valence-corrected chi connectivity index (χ2v) is 6.40. The lowest BCUT2D eigenvalue weighted by Crippen LogP contribution is -2.42. The Kier molecular flexibility index (Phi) is 4.40. The maximum atomic E-state index is 12.7. The number of nitrogens with zero attached hydrogens (tertiary/aromatic N) is 1. The molecule has 2 atom stereocenters. The van der Waals surface area contributed by atoms with E-state index in [9.17, 15) is 4.79 Å². The molecule has 0 N–H and O–H groups in total. The summed E-state index contributed by atoms with van der Waals surface area (Å²) in [6.07, 6.45) is 3.49. The molecule has 0 aromatic heterocycles. The molecular weight excluding hydrogens is 262 g/mol. The highest BCUT2D eigenvalue weighted by Crippen LogP contribution is 2.41. The summed E-state index contributed by atoms with van der Waals surface area (Å²) in [5.41, 5.74) is 1.01. The molecule has 0 radical (unpaired) electrons. The number of benzene rings is 1. The predicted molar refractivity (Wildman–Crippen MR) is 85.3 cm³/mol. The van der Waals surface area contributed by atoms with Crippen molar-refractivity contribution in [3.63, 3.8) is 0 Å². The molecule has 0 aliphatic carbocycles. The first kappa shape index (κ1) is 15.6. The normalized spacial score (nSPS) is 22.2. The van der Waals surface area contributed by atoms with Crippen molar-refractivity contribution >= 4 is 5.91 Å². The van der Waals surface area contributed by atoms with Crippen molar-refractivity contribution < 1.29 is 9.53 Å². The van der Waals surface area contributed by atoms with Crippen molar-refractivity contribution in [1.82, 2.24) is 4.90 Å². The lowest BCUT2D eigenvalue weighted by molar-refractivity contribution is -0.135. The molecule has 1 aliphatic rings. The molecule has 1 aromatic carbocycles. The zero-order valence-electron chi connectivity index (χ0n) is 13.4. The topological polar surface area (TPSA) is 29.5 Å². The fourth-order valence-electron chi connectivity index (χ4n) is 3.42. The second kappa shape index (κ2) is 5.92. The average molecular weight is 287 g/mol. The number of rotatable bonds is 5. The fourth-order valence-corrected chi connectivity index (χ4v) is 3.42. The maximum Gasteiger partial charge on any atom is 0.227 e. The number of carbonyl (C=O) groups excluding carboxylic acids is 1. The standard InChI is InChI=1S/C18H25NO2/c1-6-7-15-12-18(3,4)19(17(15)20)13(2)14-8-10-16(21-5)11-9-14/h6,8-11,13,15H,1,7,12H2,2-5H3. The van der Waals surface area contributed by atoms with Crippen molar-refractivity contribution in [3.8, 4) is 5.75 Å². The van der Waals surface area contributed by atoms with Crippen LogP contribution in [0.4, 0.5) is 0 Å². The van der Waals surface area contributed by atoms with E-state index in [2.05, 4.69) is 27.4 Å². The van der Waals surface area contributed by atoms with E-state index >= 15 is 0 Å². The minimum absolute atomic E-state index is 0.0632. The summed E-state index contributed by atoms with van der Waals surface area (Å²) in [4.78, 5) is 14.7. The van der Waals surface area contributed by atoms with E-state index in [4.69, 9.17) is 4.74 Å². The summed E-state index contributed by atoms with van der Waals surface area (Å²) in [7, 11) is 1.66. The number of allylic oxidation sites excluding steroid dienone is 1. The molecule has 1 saturated heterocycles. The quantitative estimate of drug-likeness (QED) is 0.767. The summed E-state index contributed by atoms with van der Waals surface area (Å²) < 4.78 is 5.19. The van der Waals surface area contributed by atoms with Crippen LogP contribution in [0.5, 0.6) is 5.75 Å². The highest BCUT2D eigenvalue weighted by molar-refractivity contribution is 5.83. The summed E-state index contributed by atoms with van der Waals surface area (Å²) in [5.74, 6) is 1.14. The first-order valence-corrected chi connectivity index (χ1v) is 7.48. The molecule has 1 aliphatic heterocycles. The molecule has 1 heterocycles. The van der Waals surface area contributed by atoms with Gasteiger partial charge in [0.15, 0.2) is 0 Å². The van der Waals surface area contributed by atoms with Crippen LogP contribution in [-0.2, 0) is 4.79 Å². The van der Waals surface area contributed by atoms with Gasteiger partial charge >= 0.3 is 0 Å². The Balaban J connectivity index is 2.25. The molecule has 2 unspecified atom stereocenters. The SMILES string of the molecule is C=CCC1CC(C)(C)N(C(C)c2ccc(OC)cc2)C1=O. The van der Waals surface area contributed by atoms with Crippen LogP contribution in [-0.4, -0.2) is 23.5 Å². The van der Waals surface area contributed by atoms with Gasteiger partial charge in [-0.05, 0) is 51.3 Å². The number of ether oxygens (including phenoxy) is 1. The van der Waals surface area contributed by atoms with E-state index in [-0.39, 0.29) is 23.4 Å². The zero-order chi connectivity index (χ0) is 15.6. The van der Waals surface area contributed by atoms with Gasteiger partial charge in [0.2, 0.25) is 5.91 Å². The molecule has 1 aromatic rings. The molecule has 0 bridgehead atoms. The highest BCUT2D eigenvalue weighted by atomic mass is 16.5. The Morgan fingerprint density at radius 1 is 1.43 bits per heavy atom. The zero-order valence-corrected chi connectivity index (χ0v) is 13.4. The van der Waals surface area contributed by atoms with Gasteiger partial charge in [-0.15, -0.1) is 6.58 Å². The van der Waals surface area contributed by atoms with Gasteiger partial charge in [0, 0.05) is 11.5 Å². The molecule has 1 amide bonds. The number of methoxy groups -OCH3 is 1. The van der Waals surface area contributed by atoms with E-state index in [1.807, 2.05) is 35.2 Å². The monoisotopic (exact) mass is 287 g/mol. The van der Waals surface area contributed by atoms with Crippen molar-refractivity contribution in [2.45, 2.75) is 45.2 Å². The Morgan fingerprint density at radius 3 is 2.57 bits per heavy atom. The van der Waals surface area contributed by atoms with Crippen LogP contribution in [0.3, 0.4) is 0 Å². The Hall–Kier alpha value is -1.77. The molecule has 2 rings (SSSR count). The third-order valence-electron chi connectivity index (χ3n) is 4.42. The van der Waals surface area contributed by atoms with Crippen LogP contribution in [0.15, 0.2) is 36.9 Å². The molecule has 3 heteroatoms. The van der Waals surface area contributed by atoms with Crippen molar-refractivity contribution in [2.75, 3.05) is 7.11 Å². The Morgan fingerprint density at radius 2 is 2.05 bits per heavy atom. The molecule has 0 saturated carbocycles. The molecular formula is C18H25NO2. The smallest absolute Gasteiger partial charge is 0.227 e. The van der Waals surface area contributed by atoms with Gasteiger partial charge in [-0.25, -0.2) is 0 Å². The van der Waals surface area contributed by atoms with Gasteiger partial charge in [0.1, 0.15) is 5.75 Å². The third kappa shape index (κ3) is 2.97. The predicted octanol–water partition coefficient (Wildman–Crippen LogP) is 3.96. The van der Waals surface area contributed by atoms with E-state index in [0.29, 0.717) is 0 Å². The summed E-state index contributed by atoms with van der Waals surface area (Å²) in [6, 6.07) is 8.02. The van der Waals surface area contributed by atoms with Gasteiger partial charge < -0.3 is 9.64 Å². The number of amides is 1. The van der Waals surface area contributed by atoms with Crippen LogP contribution in [0, 0.1) is 5.92 Å². The number of carbonyl (C=O) groups is 1. The van der Waals surface area contributed by atoms with Gasteiger partial charge in [-0.1, -0.05) is 18.2 Å². The van der Waals surface area contributed by atoms with E-state index in [1.165, 1.54) is 0 Å². The first-order chi connectivity index (χ1) is 9.90. The summed E-state index contributed by atoms with van der Waals surface area (Å²) in [5, 5.41) is 0. The molecule has 3 nitrogen and oxygen atoms in total. The van der Waals surface area contributed by atoms with Gasteiger partial charge in [0.05, 0.1) is 13.2 Å². The second-order valence-electron chi connectivity index (χ2n) is 6.40. The van der Waals surface area contributed by atoms with Gasteiger partial charge in [-0.3, -0.25) is 4.79 Å². The number of likely N-dealkylation sites (tertiary alicyclic amines) is 1. The average Bonchev–Trinajstić information content (AvgIpc) is 2.68. The van der Waals surface area contributed by atoms with Gasteiger partial charge in [0.25, 0.3) is 0 Å². The van der Waals surface area contributed by atoms with Gasteiger partial charge in [-0.2, -0.15) is 0 Å². The van der Waals surface area contributed by atoms with Crippen LogP contribution in [0.25, 0.3) is 0 Å². The Labute approximate surface area is 127 Å². The first-order valence-electron chi connectivity index (χ1n) is 7.48. The van der Waals surface area contributed by atoms with Crippen LogP contribution >= 0.6 is 0 Å². The minimum atomic E-state index is -0.121. The van der Waals surface area contributed by atoms with Crippen LogP contribution in [0.2, 0.25) is 0 Å². The van der Waals surface area contributed by atoms with E-state index in [1.54, 1.807) is 7.11 Å². The summed E-state index contributed by atoms with van der Waals surface area (Å²) in [6.45, 7) is 10.2. The molecule has 21 heavy (non-hydrogen) atoms. The van der Waals surface area contributed by atoms with Crippen molar-refractivity contribution in [2.24, 2.45) is 5.92 Å². The fraction of sp³-hybridized carbons (Fsp3) is 0.500. The Bertz CT molecular complexity index is 519. The molecule has 0 spiro atoms. The van der Waals surface area contributed by atoms with E-state index in [0.717, 1.165) is 24.2 Å². The molecule has 1 fully saturated rings. The highest BCUT2D eigenvalue weighted by Gasteiger charge is 2.46. The molecule has 114 valence electrons. The minimum Gasteiger partial charge on any atom is -0.497 e. The van der Waals surface area contributed by atoms with E-state index < -0.39 is 0 Å². The lowest BCUT2D eigenvalue weighted by Gasteiger charge is -2.37. The van der Waals surface area contributed by atoms with Crippen LogP contribution < -0.4 is 4.74 Å². The maximum absolute atomic E-state index is 12.7. The largest absolute Gasteiger partial charge is 0.497 e. The van der Waals surface area contributed by atoms with Crippen molar-refractivity contribution in [3.05, 3.63) is 42.5 Å². The van der Waals surface area contributed by atoms with Crippen molar-refractivity contribution in [1.29, 1.82) is 0 Å². The van der Waals surface area contributed by atoms with Crippen LogP contribution in [0.1, 0.15) is 45.2 Å². The lowest BCUT2D eigenvalue weighted by atomic mass is 9.93.